The zero-order chi connectivity index (χ0) is 14.8. The Morgan fingerprint density at radius 1 is 1.40 bits per heavy atom. The van der Waals surface area contributed by atoms with Crippen LogP contribution >= 0.6 is 11.3 Å². The molecule has 0 saturated carbocycles. The lowest BCUT2D eigenvalue weighted by Crippen LogP contribution is -2.56. The summed E-state index contributed by atoms with van der Waals surface area (Å²) in [6.07, 6.45) is 3.41. The van der Waals surface area contributed by atoms with Gasteiger partial charge in [-0.05, 0) is 19.8 Å². The minimum atomic E-state index is -0.743. The fourth-order valence-corrected chi connectivity index (χ4v) is 3.38. The van der Waals surface area contributed by atoms with Gasteiger partial charge < -0.3 is 10.2 Å². The Labute approximate surface area is 123 Å². The molecule has 1 aliphatic heterocycles. The van der Waals surface area contributed by atoms with E-state index in [1.807, 2.05) is 27.0 Å². The van der Waals surface area contributed by atoms with E-state index < -0.39 is 5.54 Å². The van der Waals surface area contributed by atoms with Crippen molar-refractivity contribution in [1.82, 2.24) is 15.2 Å². The summed E-state index contributed by atoms with van der Waals surface area (Å²) in [6.45, 7) is 6.86. The van der Waals surface area contributed by atoms with Crippen molar-refractivity contribution in [3.63, 3.8) is 0 Å². The summed E-state index contributed by atoms with van der Waals surface area (Å²) in [6, 6.07) is 0. The van der Waals surface area contributed by atoms with E-state index in [4.69, 9.17) is 0 Å². The van der Waals surface area contributed by atoms with Crippen molar-refractivity contribution in [1.29, 1.82) is 0 Å². The first kappa shape index (κ1) is 15.0. The van der Waals surface area contributed by atoms with E-state index >= 15 is 0 Å². The Balaban J connectivity index is 2.23. The van der Waals surface area contributed by atoms with E-state index in [1.165, 1.54) is 0 Å². The minimum absolute atomic E-state index is 0.0272. The molecule has 5 nitrogen and oxygen atoms in total. The van der Waals surface area contributed by atoms with Gasteiger partial charge in [0, 0.05) is 24.0 Å². The average Bonchev–Trinajstić information content (AvgIpc) is 2.80. The van der Waals surface area contributed by atoms with Crippen molar-refractivity contribution in [3.05, 3.63) is 16.1 Å². The molecule has 1 N–H and O–H groups in total. The molecular formula is C14H21N3O2S. The first-order chi connectivity index (χ1) is 9.50. The van der Waals surface area contributed by atoms with E-state index in [0.717, 1.165) is 9.88 Å². The summed E-state index contributed by atoms with van der Waals surface area (Å²) < 4.78 is 0. The Morgan fingerprint density at radius 2 is 2.10 bits per heavy atom. The van der Waals surface area contributed by atoms with E-state index in [0.29, 0.717) is 32.4 Å². The molecule has 0 unspecified atom stereocenters. The largest absolute Gasteiger partial charge is 0.342 e. The molecule has 0 aliphatic carbocycles. The Kier molecular flexibility index (Phi) is 4.42. The van der Waals surface area contributed by atoms with Gasteiger partial charge in [-0.1, -0.05) is 13.8 Å². The van der Waals surface area contributed by atoms with Crippen molar-refractivity contribution < 1.29 is 9.59 Å². The summed E-state index contributed by atoms with van der Waals surface area (Å²) in [7, 11) is 0. The van der Waals surface area contributed by atoms with Crippen LogP contribution in [0.15, 0.2) is 6.20 Å². The highest BCUT2D eigenvalue weighted by atomic mass is 32.1. The predicted octanol–water partition coefficient (Wildman–Crippen LogP) is 1.86. The molecule has 6 heteroatoms. The lowest BCUT2D eigenvalue weighted by Gasteiger charge is -2.33. The van der Waals surface area contributed by atoms with Crippen LogP contribution < -0.4 is 5.32 Å². The number of aryl methyl sites for hydroxylation is 1. The van der Waals surface area contributed by atoms with Crippen LogP contribution in [0.2, 0.25) is 0 Å². The summed E-state index contributed by atoms with van der Waals surface area (Å²) >= 11 is 1.60. The SMILES string of the molecule is CCC1(CC)NC(=O)CCN(Cc2cnc(C)s2)C1=O. The monoisotopic (exact) mass is 295 g/mol. The van der Waals surface area contributed by atoms with Crippen molar-refractivity contribution in [2.24, 2.45) is 0 Å². The summed E-state index contributed by atoms with van der Waals surface area (Å²) in [5.41, 5.74) is -0.743. The standard InChI is InChI=1S/C14H21N3O2S/c1-4-14(5-2)13(19)17(7-6-12(18)16-14)9-11-8-15-10(3)20-11/h8H,4-7,9H2,1-3H3,(H,16,18). The molecule has 1 fully saturated rings. The Hall–Kier alpha value is -1.43. The van der Waals surface area contributed by atoms with Crippen LogP contribution in [0.5, 0.6) is 0 Å². The van der Waals surface area contributed by atoms with Crippen molar-refractivity contribution in [3.8, 4) is 0 Å². The number of hydrogen-bond donors (Lipinski definition) is 1. The van der Waals surface area contributed by atoms with Gasteiger partial charge in [0.25, 0.3) is 0 Å². The Morgan fingerprint density at radius 3 is 2.65 bits per heavy atom. The molecule has 0 radical (unpaired) electrons. The zero-order valence-corrected chi connectivity index (χ0v) is 13.0. The summed E-state index contributed by atoms with van der Waals surface area (Å²) in [5.74, 6) is -0.00978. The number of rotatable bonds is 4. The third-order valence-electron chi connectivity index (χ3n) is 3.91. The molecule has 2 amide bonds. The van der Waals surface area contributed by atoms with E-state index in [-0.39, 0.29) is 11.8 Å². The average molecular weight is 295 g/mol. The maximum Gasteiger partial charge on any atom is 0.248 e. The van der Waals surface area contributed by atoms with Gasteiger partial charge in [-0.3, -0.25) is 9.59 Å². The second-order valence-corrected chi connectivity index (χ2v) is 6.48. The molecule has 1 aromatic heterocycles. The molecule has 20 heavy (non-hydrogen) atoms. The topological polar surface area (TPSA) is 62.3 Å². The quantitative estimate of drug-likeness (QED) is 0.922. The molecular weight excluding hydrogens is 274 g/mol. The van der Waals surface area contributed by atoms with E-state index in [9.17, 15) is 9.59 Å². The van der Waals surface area contributed by atoms with Crippen molar-refractivity contribution >= 4 is 23.2 Å². The number of nitrogens with zero attached hydrogens (tertiary/aromatic N) is 2. The lowest BCUT2D eigenvalue weighted by atomic mass is 9.91. The predicted molar refractivity (Wildman–Crippen MR) is 78.3 cm³/mol. The van der Waals surface area contributed by atoms with Gasteiger partial charge in [-0.15, -0.1) is 11.3 Å². The zero-order valence-electron chi connectivity index (χ0n) is 12.2. The normalized spacial score (nSPS) is 18.9. The van der Waals surface area contributed by atoms with Crippen LogP contribution in [0.4, 0.5) is 0 Å². The second-order valence-electron chi connectivity index (χ2n) is 5.16. The minimum Gasteiger partial charge on any atom is -0.342 e. The number of aromatic nitrogens is 1. The molecule has 0 atom stereocenters. The van der Waals surface area contributed by atoms with Gasteiger partial charge in [-0.25, -0.2) is 4.98 Å². The number of carbonyl (C=O) groups excluding carboxylic acids is 2. The molecule has 110 valence electrons. The molecule has 1 aliphatic rings. The van der Waals surface area contributed by atoms with E-state index in [1.54, 1.807) is 16.2 Å². The van der Waals surface area contributed by atoms with Gasteiger partial charge >= 0.3 is 0 Å². The molecule has 2 heterocycles. The highest BCUT2D eigenvalue weighted by Crippen LogP contribution is 2.24. The number of amides is 2. The number of nitrogens with one attached hydrogen (secondary N) is 1. The van der Waals surface area contributed by atoms with Crippen LogP contribution in [-0.4, -0.2) is 33.8 Å². The third-order valence-corrected chi connectivity index (χ3v) is 4.80. The molecule has 0 bridgehead atoms. The number of carbonyl (C=O) groups is 2. The third kappa shape index (κ3) is 2.85. The van der Waals surface area contributed by atoms with Crippen LogP contribution in [-0.2, 0) is 16.1 Å². The highest BCUT2D eigenvalue weighted by molar-refractivity contribution is 7.11. The van der Waals surface area contributed by atoms with Crippen LogP contribution in [0.1, 0.15) is 43.0 Å². The van der Waals surface area contributed by atoms with Crippen LogP contribution in [0.25, 0.3) is 0 Å². The number of hydrogen-bond acceptors (Lipinski definition) is 4. The van der Waals surface area contributed by atoms with Gasteiger partial charge in [0.1, 0.15) is 5.54 Å². The maximum absolute atomic E-state index is 12.8. The smallest absolute Gasteiger partial charge is 0.248 e. The first-order valence-electron chi connectivity index (χ1n) is 7.02. The van der Waals surface area contributed by atoms with Crippen molar-refractivity contribution in [2.45, 2.75) is 52.1 Å². The van der Waals surface area contributed by atoms with Gasteiger partial charge in [-0.2, -0.15) is 0 Å². The Bertz CT molecular complexity index is 508. The molecule has 2 rings (SSSR count). The van der Waals surface area contributed by atoms with E-state index in [2.05, 4.69) is 10.3 Å². The molecule has 1 saturated heterocycles. The molecule has 1 aromatic rings. The first-order valence-corrected chi connectivity index (χ1v) is 7.84. The van der Waals surface area contributed by atoms with Crippen molar-refractivity contribution in [2.75, 3.05) is 6.54 Å². The van der Waals surface area contributed by atoms with Gasteiger partial charge in [0.05, 0.1) is 11.6 Å². The summed E-state index contributed by atoms with van der Waals surface area (Å²) in [5, 5.41) is 3.91. The van der Waals surface area contributed by atoms with Gasteiger partial charge in [0.15, 0.2) is 0 Å². The molecule has 0 aromatic carbocycles. The summed E-state index contributed by atoms with van der Waals surface area (Å²) in [4.78, 5) is 31.7. The van der Waals surface area contributed by atoms with Gasteiger partial charge in [0.2, 0.25) is 11.8 Å². The second kappa shape index (κ2) is 5.91. The van der Waals surface area contributed by atoms with Crippen LogP contribution in [0.3, 0.4) is 0 Å². The lowest BCUT2D eigenvalue weighted by molar-refractivity contribution is -0.139. The highest BCUT2D eigenvalue weighted by Gasteiger charge is 2.41. The fourth-order valence-electron chi connectivity index (χ4n) is 2.57. The fraction of sp³-hybridized carbons (Fsp3) is 0.643. The van der Waals surface area contributed by atoms with Crippen LogP contribution in [0, 0.1) is 6.92 Å². The molecule has 0 spiro atoms. The maximum atomic E-state index is 12.8. The number of thiazole rings is 1.